The molecule has 0 aromatic heterocycles. The Hall–Kier alpha value is -3.03. The molecule has 1 saturated heterocycles. The van der Waals surface area contributed by atoms with E-state index in [0.29, 0.717) is 12.0 Å². The number of esters is 1. The van der Waals surface area contributed by atoms with E-state index in [2.05, 4.69) is 0 Å². The second-order valence-corrected chi connectivity index (χ2v) is 7.97. The second-order valence-electron chi connectivity index (χ2n) is 7.13. The number of hydrogen-bond donors (Lipinski definition) is 1. The van der Waals surface area contributed by atoms with Gasteiger partial charge in [-0.1, -0.05) is 42.3 Å². The Bertz CT molecular complexity index is 1130. The number of ketones is 1. The Morgan fingerprint density at radius 3 is 2.53 bits per heavy atom. The number of aliphatic hydroxyl groups is 1. The van der Waals surface area contributed by atoms with Crippen molar-refractivity contribution in [3.8, 4) is 11.5 Å². The monoisotopic (exact) mass is 477 g/mol. The van der Waals surface area contributed by atoms with Gasteiger partial charge in [0.1, 0.15) is 17.3 Å². The standard InChI is InChI=1S/C23H21Cl2NO6/c1-4-8-26-19(13-6-5-7-15(9-13)32-12(2)27)18(21(29)23(26)30)20(28)16-10-14(24)11-17(25)22(16)31-3/h5-7,9-11,19,28H,4,8H2,1-3H3/b20-18+. The van der Waals surface area contributed by atoms with Gasteiger partial charge in [0.25, 0.3) is 11.7 Å². The van der Waals surface area contributed by atoms with Gasteiger partial charge in [0.2, 0.25) is 0 Å². The van der Waals surface area contributed by atoms with Crippen LogP contribution in [0, 0.1) is 0 Å². The molecule has 1 amide bonds. The third-order valence-electron chi connectivity index (χ3n) is 4.91. The van der Waals surface area contributed by atoms with E-state index in [1.165, 1.54) is 31.1 Å². The first-order valence-corrected chi connectivity index (χ1v) is 10.5. The summed E-state index contributed by atoms with van der Waals surface area (Å²) in [5, 5.41) is 11.6. The van der Waals surface area contributed by atoms with Gasteiger partial charge in [-0.3, -0.25) is 14.4 Å². The van der Waals surface area contributed by atoms with Crippen molar-refractivity contribution >= 4 is 46.6 Å². The van der Waals surface area contributed by atoms with Gasteiger partial charge in [-0.25, -0.2) is 0 Å². The number of halogens is 2. The molecule has 1 unspecified atom stereocenters. The van der Waals surface area contributed by atoms with Crippen molar-refractivity contribution in [2.45, 2.75) is 26.3 Å². The van der Waals surface area contributed by atoms with Crippen LogP contribution in [0.25, 0.3) is 5.76 Å². The number of ether oxygens (including phenoxy) is 2. The molecule has 1 aliphatic heterocycles. The van der Waals surface area contributed by atoms with Gasteiger partial charge in [-0.15, -0.1) is 0 Å². The number of methoxy groups -OCH3 is 1. The summed E-state index contributed by atoms with van der Waals surface area (Å²) in [5.41, 5.74) is 0.436. The summed E-state index contributed by atoms with van der Waals surface area (Å²) in [6.07, 6.45) is 0.583. The third-order valence-corrected chi connectivity index (χ3v) is 5.41. The summed E-state index contributed by atoms with van der Waals surface area (Å²) in [5.74, 6) is -2.21. The molecule has 1 atom stereocenters. The minimum atomic E-state index is -0.909. The number of likely N-dealkylation sites (tertiary alicyclic amines) is 1. The number of aliphatic hydroxyl groups excluding tert-OH is 1. The molecule has 0 radical (unpaired) electrons. The van der Waals surface area contributed by atoms with Crippen LogP contribution < -0.4 is 9.47 Å². The molecule has 7 nitrogen and oxygen atoms in total. The van der Waals surface area contributed by atoms with Gasteiger partial charge in [0, 0.05) is 18.5 Å². The quantitative estimate of drug-likeness (QED) is 0.212. The number of carbonyl (C=O) groups excluding carboxylic acids is 3. The van der Waals surface area contributed by atoms with Crippen molar-refractivity contribution in [3.63, 3.8) is 0 Å². The average Bonchev–Trinajstić information content (AvgIpc) is 2.98. The Morgan fingerprint density at radius 1 is 1.19 bits per heavy atom. The lowest BCUT2D eigenvalue weighted by molar-refractivity contribution is -0.139. The fourth-order valence-electron chi connectivity index (χ4n) is 3.70. The van der Waals surface area contributed by atoms with Crippen LogP contribution in [0.5, 0.6) is 11.5 Å². The van der Waals surface area contributed by atoms with Crippen LogP contribution in [0.1, 0.15) is 37.4 Å². The molecule has 1 aliphatic rings. The highest BCUT2D eigenvalue weighted by atomic mass is 35.5. The van der Waals surface area contributed by atoms with Crippen molar-refractivity contribution in [3.05, 3.63) is 63.1 Å². The number of benzene rings is 2. The summed E-state index contributed by atoms with van der Waals surface area (Å²) in [6, 6.07) is 8.38. The molecule has 1 N–H and O–H groups in total. The highest BCUT2D eigenvalue weighted by molar-refractivity contribution is 6.46. The Morgan fingerprint density at radius 2 is 1.91 bits per heavy atom. The Labute approximate surface area is 195 Å². The number of nitrogens with zero attached hydrogens (tertiary/aromatic N) is 1. The molecule has 0 spiro atoms. The maximum absolute atomic E-state index is 13.0. The topological polar surface area (TPSA) is 93.1 Å². The van der Waals surface area contributed by atoms with Crippen LogP contribution in [0.15, 0.2) is 42.0 Å². The van der Waals surface area contributed by atoms with Gasteiger partial charge >= 0.3 is 5.97 Å². The highest BCUT2D eigenvalue weighted by Crippen LogP contribution is 2.43. The minimum absolute atomic E-state index is 0.0839. The molecule has 2 aromatic carbocycles. The number of carbonyl (C=O) groups is 3. The zero-order chi connectivity index (χ0) is 23.6. The van der Waals surface area contributed by atoms with Crippen LogP contribution in [-0.4, -0.2) is 41.3 Å². The predicted octanol–water partition coefficient (Wildman–Crippen LogP) is 4.76. The summed E-state index contributed by atoms with van der Waals surface area (Å²) in [7, 11) is 1.36. The minimum Gasteiger partial charge on any atom is -0.507 e. The van der Waals surface area contributed by atoms with E-state index in [0.717, 1.165) is 0 Å². The molecule has 1 fully saturated rings. The number of Topliss-reactive ketones (excluding diaryl/α,β-unsaturated/α-hetero) is 1. The average molecular weight is 478 g/mol. The van der Waals surface area contributed by atoms with Crippen molar-refractivity contribution in [2.75, 3.05) is 13.7 Å². The number of amides is 1. The number of rotatable bonds is 6. The smallest absolute Gasteiger partial charge is 0.308 e. The normalized spacial score (nSPS) is 17.5. The SMILES string of the molecule is CCCN1C(=O)C(=O)/C(=C(/O)c2cc(Cl)cc(Cl)c2OC)C1c1cccc(OC(C)=O)c1. The first kappa shape index (κ1) is 23.6. The zero-order valence-electron chi connectivity index (χ0n) is 17.6. The molecule has 3 rings (SSSR count). The second kappa shape index (κ2) is 9.63. The van der Waals surface area contributed by atoms with Crippen molar-refractivity contribution in [1.82, 2.24) is 4.90 Å². The van der Waals surface area contributed by atoms with Crippen LogP contribution in [-0.2, 0) is 14.4 Å². The van der Waals surface area contributed by atoms with E-state index in [4.69, 9.17) is 32.7 Å². The van der Waals surface area contributed by atoms with Crippen LogP contribution in [0.3, 0.4) is 0 Å². The molecular weight excluding hydrogens is 457 g/mol. The van der Waals surface area contributed by atoms with Gasteiger partial charge < -0.3 is 19.5 Å². The van der Waals surface area contributed by atoms with Crippen LogP contribution in [0.2, 0.25) is 10.0 Å². The van der Waals surface area contributed by atoms with E-state index in [1.807, 2.05) is 6.92 Å². The maximum Gasteiger partial charge on any atom is 0.308 e. The van der Waals surface area contributed by atoms with E-state index in [9.17, 15) is 19.5 Å². The lowest BCUT2D eigenvalue weighted by atomic mass is 9.94. The fraction of sp³-hybridized carbons (Fsp3) is 0.261. The molecule has 32 heavy (non-hydrogen) atoms. The first-order valence-electron chi connectivity index (χ1n) is 9.79. The van der Waals surface area contributed by atoms with Crippen molar-refractivity contribution < 1.29 is 29.0 Å². The maximum atomic E-state index is 13.0. The molecule has 1 heterocycles. The summed E-state index contributed by atoms with van der Waals surface area (Å²) >= 11 is 12.3. The van der Waals surface area contributed by atoms with E-state index >= 15 is 0 Å². The molecule has 2 aromatic rings. The Kier molecular flexibility index (Phi) is 7.11. The summed E-state index contributed by atoms with van der Waals surface area (Å²) in [4.78, 5) is 38.6. The molecule has 0 aliphatic carbocycles. The van der Waals surface area contributed by atoms with Crippen molar-refractivity contribution in [1.29, 1.82) is 0 Å². The van der Waals surface area contributed by atoms with E-state index in [-0.39, 0.29) is 39.2 Å². The van der Waals surface area contributed by atoms with Crippen molar-refractivity contribution in [2.24, 2.45) is 0 Å². The fourth-order valence-corrected chi connectivity index (χ4v) is 4.27. The molecule has 0 saturated carbocycles. The van der Waals surface area contributed by atoms with Gasteiger partial charge in [-0.05, 0) is 36.2 Å². The van der Waals surface area contributed by atoms with E-state index in [1.54, 1.807) is 24.3 Å². The highest BCUT2D eigenvalue weighted by Gasteiger charge is 2.46. The lowest BCUT2D eigenvalue weighted by Crippen LogP contribution is -2.30. The first-order chi connectivity index (χ1) is 15.2. The summed E-state index contributed by atoms with van der Waals surface area (Å²) in [6.45, 7) is 3.41. The largest absolute Gasteiger partial charge is 0.507 e. The lowest BCUT2D eigenvalue weighted by Gasteiger charge is -2.25. The number of hydrogen-bond acceptors (Lipinski definition) is 6. The molecule has 168 valence electrons. The molecular formula is C23H21Cl2NO6. The van der Waals surface area contributed by atoms with Gasteiger partial charge in [-0.2, -0.15) is 0 Å². The zero-order valence-corrected chi connectivity index (χ0v) is 19.2. The Balaban J connectivity index is 2.26. The summed E-state index contributed by atoms with van der Waals surface area (Å²) < 4.78 is 10.5. The van der Waals surface area contributed by atoms with E-state index < -0.39 is 29.5 Å². The molecule has 9 heteroatoms. The van der Waals surface area contributed by atoms with Crippen LogP contribution in [0.4, 0.5) is 0 Å². The third kappa shape index (κ3) is 4.45. The van der Waals surface area contributed by atoms with Gasteiger partial charge in [0.15, 0.2) is 0 Å². The predicted molar refractivity (Wildman–Crippen MR) is 120 cm³/mol. The van der Waals surface area contributed by atoms with Crippen LogP contribution >= 0.6 is 23.2 Å². The van der Waals surface area contributed by atoms with Gasteiger partial charge in [0.05, 0.1) is 29.3 Å². The molecule has 0 bridgehead atoms.